The Balaban J connectivity index is 3.99. The highest BCUT2D eigenvalue weighted by atomic mass is 32.2. The molecule has 0 heterocycles. The second-order valence-electron chi connectivity index (χ2n) is 4.77. The van der Waals surface area contributed by atoms with E-state index in [0.29, 0.717) is 25.7 Å². The predicted molar refractivity (Wildman–Crippen MR) is 69.6 cm³/mol. The molecule has 2 N–H and O–H groups in total. The van der Waals surface area contributed by atoms with Crippen molar-refractivity contribution >= 4 is 10.1 Å². The molecule has 0 aliphatic rings. The van der Waals surface area contributed by atoms with Crippen molar-refractivity contribution in [3.8, 4) is 0 Å². The van der Waals surface area contributed by atoms with Crippen LogP contribution in [0.15, 0.2) is 0 Å². The van der Waals surface area contributed by atoms with Gasteiger partial charge in [0, 0.05) is 0 Å². The van der Waals surface area contributed by atoms with Crippen LogP contribution < -0.4 is 0 Å². The fraction of sp³-hybridized carbons (Fsp3) is 1.00. The Kier molecular flexibility index (Phi) is 8.82. The molecule has 0 saturated carbocycles. The van der Waals surface area contributed by atoms with Crippen LogP contribution in [0.2, 0.25) is 0 Å². The minimum absolute atomic E-state index is 0.405. The van der Waals surface area contributed by atoms with Crippen molar-refractivity contribution in [3.05, 3.63) is 0 Å². The third-order valence-electron chi connectivity index (χ3n) is 2.95. The van der Waals surface area contributed by atoms with Crippen molar-refractivity contribution in [2.45, 2.75) is 76.6 Å². The molecule has 2 atom stereocenters. The zero-order valence-electron chi connectivity index (χ0n) is 10.9. The van der Waals surface area contributed by atoms with Gasteiger partial charge in [-0.25, -0.2) is 0 Å². The largest absolute Gasteiger partial charge is 0.393 e. The number of hydrogen-bond donors (Lipinski definition) is 2. The van der Waals surface area contributed by atoms with E-state index in [1.54, 1.807) is 6.92 Å². The zero-order chi connectivity index (χ0) is 13.3. The van der Waals surface area contributed by atoms with E-state index in [9.17, 15) is 8.42 Å². The standard InChI is InChI=1S/C12H26O4S/c1-3-4-5-6-9-12(17(14,15)16)10-7-8-11(2)13/h11-13H,3-10H2,1-2H3,(H,14,15,16). The van der Waals surface area contributed by atoms with Crippen molar-refractivity contribution in [1.29, 1.82) is 0 Å². The summed E-state index contributed by atoms with van der Waals surface area (Å²) in [6, 6.07) is 0. The molecule has 0 aliphatic heterocycles. The minimum atomic E-state index is -3.93. The number of unbranched alkanes of at least 4 members (excludes halogenated alkanes) is 3. The highest BCUT2D eigenvalue weighted by Gasteiger charge is 2.21. The van der Waals surface area contributed by atoms with Crippen molar-refractivity contribution in [2.75, 3.05) is 0 Å². The highest BCUT2D eigenvalue weighted by Crippen LogP contribution is 2.17. The molecular formula is C12H26O4S. The zero-order valence-corrected chi connectivity index (χ0v) is 11.7. The lowest BCUT2D eigenvalue weighted by Gasteiger charge is -2.14. The van der Waals surface area contributed by atoms with Gasteiger partial charge >= 0.3 is 0 Å². The number of aliphatic hydroxyl groups excluding tert-OH is 1. The van der Waals surface area contributed by atoms with Gasteiger partial charge in [0.2, 0.25) is 0 Å². The van der Waals surface area contributed by atoms with Crippen LogP contribution in [0.1, 0.15) is 65.2 Å². The van der Waals surface area contributed by atoms with Crippen LogP contribution in [0.3, 0.4) is 0 Å². The Labute approximate surface area is 105 Å². The molecule has 0 saturated heterocycles. The summed E-state index contributed by atoms with van der Waals surface area (Å²) in [5.74, 6) is 0. The molecule has 4 nitrogen and oxygen atoms in total. The van der Waals surface area contributed by atoms with Crippen molar-refractivity contribution in [3.63, 3.8) is 0 Å². The van der Waals surface area contributed by atoms with Gasteiger partial charge < -0.3 is 5.11 Å². The maximum Gasteiger partial charge on any atom is 0.267 e. The van der Waals surface area contributed by atoms with Gasteiger partial charge in [-0.3, -0.25) is 4.55 Å². The van der Waals surface area contributed by atoms with Crippen LogP contribution in [-0.2, 0) is 10.1 Å². The van der Waals surface area contributed by atoms with Crippen LogP contribution in [0, 0.1) is 0 Å². The van der Waals surface area contributed by atoms with Crippen molar-refractivity contribution < 1.29 is 18.1 Å². The van der Waals surface area contributed by atoms with E-state index >= 15 is 0 Å². The summed E-state index contributed by atoms with van der Waals surface area (Å²) in [6.45, 7) is 3.78. The third-order valence-corrected chi connectivity index (χ3v) is 4.26. The Hall–Kier alpha value is -0.130. The first-order valence-electron chi connectivity index (χ1n) is 6.52. The summed E-state index contributed by atoms with van der Waals surface area (Å²) >= 11 is 0. The van der Waals surface area contributed by atoms with E-state index in [2.05, 4.69) is 6.92 Å². The molecule has 104 valence electrons. The monoisotopic (exact) mass is 266 g/mol. The first-order chi connectivity index (χ1) is 7.88. The molecule has 0 bridgehead atoms. The molecule has 0 aromatic rings. The average Bonchev–Trinajstić information content (AvgIpc) is 2.19. The van der Waals surface area contributed by atoms with E-state index in [1.165, 1.54) is 0 Å². The van der Waals surface area contributed by atoms with Gasteiger partial charge in [0.15, 0.2) is 0 Å². The third kappa shape index (κ3) is 9.56. The van der Waals surface area contributed by atoms with E-state index in [-0.39, 0.29) is 0 Å². The van der Waals surface area contributed by atoms with Gasteiger partial charge in [-0.2, -0.15) is 8.42 Å². The molecule has 0 aromatic heterocycles. The maximum absolute atomic E-state index is 11.2. The number of hydrogen-bond acceptors (Lipinski definition) is 3. The molecule has 17 heavy (non-hydrogen) atoms. The molecule has 0 amide bonds. The van der Waals surface area contributed by atoms with E-state index in [0.717, 1.165) is 25.7 Å². The van der Waals surface area contributed by atoms with Gasteiger partial charge in [-0.05, 0) is 32.6 Å². The quantitative estimate of drug-likeness (QED) is 0.471. The average molecular weight is 266 g/mol. The van der Waals surface area contributed by atoms with Crippen LogP contribution in [-0.4, -0.2) is 29.4 Å². The molecule has 5 heteroatoms. The SMILES string of the molecule is CCCCCCC(CCCC(C)O)S(=O)(=O)O. The predicted octanol–water partition coefficient (Wildman–Crippen LogP) is 2.76. The smallest absolute Gasteiger partial charge is 0.267 e. The first kappa shape index (κ1) is 16.9. The van der Waals surface area contributed by atoms with Crippen LogP contribution in [0.25, 0.3) is 0 Å². The van der Waals surface area contributed by atoms with Crippen molar-refractivity contribution in [2.24, 2.45) is 0 Å². The number of rotatable bonds is 10. The molecule has 2 unspecified atom stereocenters. The summed E-state index contributed by atoms with van der Waals surface area (Å²) < 4.78 is 31.4. The Morgan fingerprint density at radius 3 is 2.06 bits per heavy atom. The maximum atomic E-state index is 11.2. The minimum Gasteiger partial charge on any atom is -0.393 e. The topological polar surface area (TPSA) is 74.6 Å². The van der Waals surface area contributed by atoms with Crippen molar-refractivity contribution in [1.82, 2.24) is 0 Å². The molecule has 0 aromatic carbocycles. The summed E-state index contributed by atoms with van der Waals surface area (Å²) in [6.07, 6.45) is 5.85. The second-order valence-corrected chi connectivity index (χ2v) is 6.46. The first-order valence-corrected chi connectivity index (χ1v) is 8.02. The van der Waals surface area contributed by atoms with E-state index < -0.39 is 21.5 Å². The van der Waals surface area contributed by atoms with Gasteiger partial charge in [0.25, 0.3) is 10.1 Å². The normalized spacial score (nSPS) is 15.8. The Bertz CT molecular complexity index is 272. The van der Waals surface area contributed by atoms with Crippen LogP contribution >= 0.6 is 0 Å². The lowest BCUT2D eigenvalue weighted by Crippen LogP contribution is -2.21. The fourth-order valence-electron chi connectivity index (χ4n) is 1.88. The van der Waals surface area contributed by atoms with Gasteiger partial charge in [0.1, 0.15) is 0 Å². The summed E-state index contributed by atoms with van der Waals surface area (Å²) in [5.41, 5.74) is 0. The number of aliphatic hydroxyl groups is 1. The summed E-state index contributed by atoms with van der Waals surface area (Å²) in [5, 5.41) is 8.45. The lowest BCUT2D eigenvalue weighted by atomic mass is 10.1. The lowest BCUT2D eigenvalue weighted by molar-refractivity contribution is 0.180. The van der Waals surface area contributed by atoms with Crippen LogP contribution in [0.4, 0.5) is 0 Å². The fourth-order valence-corrected chi connectivity index (χ4v) is 2.81. The Morgan fingerprint density at radius 2 is 1.59 bits per heavy atom. The highest BCUT2D eigenvalue weighted by molar-refractivity contribution is 7.86. The molecule has 0 fully saturated rings. The molecule has 0 rings (SSSR count). The van der Waals surface area contributed by atoms with Gasteiger partial charge in [-0.1, -0.05) is 32.6 Å². The van der Waals surface area contributed by atoms with E-state index in [1.807, 2.05) is 0 Å². The molecule has 0 spiro atoms. The molecular weight excluding hydrogens is 240 g/mol. The van der Waals surface area contributed by atoms with E-state index in [4.69, 9.17) is 9.66 Å². The Morgan fingerprint density at radius 1 is 1.00 bits per heavy atom. The molecule has 0 radical (unpaired) electrons. The van der Waals surface area contributed by atoms with Crippen LogP contribution in [0.5, 0.6) is 0 Å². The molecule has 0 aliphatic carbocycles. The summed E-state index contributed by atoms with van der Waals surface area (Å²) in [4.78, 5) is 0. The van der Waals surface area contributed by atoms with Gasteiger partial charge in [0.05, 0.1) is 11.4 Å². The van der Waals surface area contributed by atoms with Gasteiger partial charge in [-0.15, -0.1) is 0 Å². The second kappa shape index (κ2) is 8.89. The summed E-state index contributed by atoms with van der Waals surface area (Å²) in [7, 11) is -3.93.